The van der Waals surface area contributed by atoms with E-state index in [-0.39, 0.29) is 35.6 Å². The molecule has 0 amide bonds. The monoisotopic (exact) mass is 290 g/mol. The van der Waals surface area contributed by atoms with Crippen molar-refractivity contribution in [2.45, 2.75) is 27.7 Å². The Morgan fingerprint density at radius 3 is 1.17 bits per heavy atom. The molecule has 0 atom stereocenters. The van der Waals surface area contributed by atoms with Gasteiger partial charge in [0.05, 0.1) is 0 Å². The van der Waals surface area contributed by atoms with E-state index < -0.39 is 0 Å². The zero-order valence-corrected chi connectivity index (χ0v) is 12.2. The molecule has 0 spiro atoms. The first-order chi connectivity index (χ1) is 5.33. The van der Waals surface area contributed by atoms with E-state index in [1.165, 1.54) is 0 Å². The predicted octanol–water partition coefficient (Wildman–Crippen LogP) is 3.87. The molecule has 1 aromatic carbocycles. The third kappa shape index (κ3) is 31.2. The van der Waals surface area contributed by atoms with Gasteiger partial charge in [0.1, 0.15) is 0 Å². The van der Waals surface area contributed by atoms with E-state index in [9.17, 15) is 0 Å². The maximum Gasteiger partial charge on any atom is 3.00 e. The third-order valence-corrected chi connectivity index (χ3v) is 0.556. The van der Waals surface area contributed by atoms with E-state index in [1.54, 1.807) is 0 Å². The van der Waals surface area contributed by atoms with Gasteiger partial charge in [-0.1, -0.05) is 0 Å². The molecule has 0 aliphatic rings. The van der Waals surface area contributed by atoms with E-state index in [2.05, 4.69) is 0 Å². The van der Waals surface area contributed by atoms with Crippen LogP contribution in [0, 0.1) is 48.4 Å². The number of hydrogen-bond donors (Lipinski definition) is 0. The molecule has 0 aliphatic carbocycles. The fraction of sp³-hybridized carbons (Fsp3) is 0.364. The van der Waals surface area contributed by atoms with Gasteiger partial charge in [0.25, 0.3) is 0 Å². The Bertz CT molecular complexity index is 80.5. The Hall–Kier alpha value is 0.545. The Labute approximate surface area is 106 Å². The van der Waals surface area contributed by atoms with Crippen molar-refractivity contribution in [3.63, 3.8) is 0 Å². The molecule has 0 aromatic heterocycles. The fourth-order valence-corrected chi connectivity index (χ4v) is 0.321. The van der Waals surface area contributed by atoms with Crippen LogP contribution in [-0.2, 0) is 0 Å². The van der Waals surface area contributed by atoms with Crippen LogP contribution in [0.15, 0.2) is 30.3 Å². The van der Waals surface area contributed by atoms with Crippen LogP contribution >= 0.6 is 0 Å². The minimum atomic E-state index is 0. The van der Waals surface area contributed by atoms with E-state index >= 15 is 0 Å². The summed E-state index contributed by atoms with van der Waals surface area (Å²) < 4.78 is 0. The molecule has 0 unspecified atom stereocenters. The average molecular weight is 290 g/mol. The second-order valence-corrected chi connectivity index (χ2v) is 2.12. The van der Waals surface area contributed by atoms with Crippen molar-refractivity contribution in [1.29, 1.82) is 0 Å². The van der Waals surface area contributed by atoms with Crippen LogP contribution in [0.3, 0.4) is 0 Å². The minimum absolute atomic E-state index is 0. The van der Waals surface area contributed by atoms with Crippen LogP contribution in [0.25, 0.3) is 0 Å². The Morgan fingerprint density at radius 1 is 0.833 bits per heavy atom. The summed E-state index contributed by atoms with van der Waals surface area (Å²) in [4.78, 5) is 0. The predicted molar refractivity (Wildman–Crippen MR) is 53.3 cm³/mol. The maximum absolute atomic E-state index is 2.00. The molecule has 12 heavy (non-hydrogen) atoms. The molecule has 1 aromatic rings. The fourth-order valence-electron chi connectivity index (χ4n) is 0.321. The minimum Gasteiger partial charge on any atom is -0.335 e. The summed E-state index contributed by atoms with van der Waals surface area (Å²) in [6.07, 6.45) is 4.00. The van der Waals surface area contributed by atoms with Crippen LogP contribution in [-0.4, -0.2) is 0 Å². The van der Waals surface area contributed by atoms with E-state index in [4.69, 9.17) is 0 Å². The Morgan fingerprint density at radius 2 is 1.08 bits per heavy atom. The van der Waals surface area contributed by atoms with Gasteiger partial charge < -0.3 is 12.8 Å². The molecular weight excluding hydrogens is 271 g/mol. The standard InChI is InChI=1S/C5H5.2C3H7.La/c1-2-4-5-3-1;2*1-3-2;/h1-5H;2*3H,1-2H3;/q3*-1;+3. The number of hydrogen-bond acceptors (Lipinski definition) is 0. The second kappa shape index (κ2) is 22.6. The Balaban J connectivity index is -0.000000104. The summed E-state index contributed by atoms with van der Waals surface area (Å²) in [5.74, 6) is 0. The van der Waals surface area contributed by atoms with Crippen LogP contribution < -0.4 is 0 Å². The molecule has 1 rings (SSSR count). The Kier molecular flexibility index (Phi) is 34.5. The van der Waals surface area contributed by atoms with Gasteiger partial charge >= 0.3 is 35.6 Å². The van der Waals surface area contributed by atoms with Crippen molar-refractivity contribution < 1.29 is 35.6 Å². The van der Waals surface area contributed by atoms with Crippen molar-refractivity contribution in [2.24, 2.45) is 0 Å². The molecule has 0 radical (unpaired) electrons. The van der Waals surface area contributed by atoms with Crippen molar-refractivity contribution in [3.8, 4) is 0 Å². The first-order valence-electron chi connectivity index (χ1n) is 3.98. The van der Waals surface area contributed by atoms with Crippen LogP contribution in [0.2, 0.25) is 0 Å². The van der Waals surface area contributed by atoms with Crippen LogP contribution in [0.1, 0.15) is 27.7 Å². The van der Waals surface area contributed by atoms with Gasteiger partial charge in [-0.15, -0.1) is 0 Å². The van der Waals surface area contributed by atoms with Gasteiger partial charge in [-0.25, -0.2) is 12.1 Å². The van der Waals surface area contributed by atoms with Gasteiger partial charge in [0.2, 0.25) is 0 Å². The SMILES string of the molecule is C[CH-]C.C[CH-]C.[La+3].c1cc[cH-]c1. The molecule has 66 valence electrons. The summed E-state index contributed by atoms with van der Waals surface area (Å²) in [7, 11) is 0. The second-order valence-electron chi connectivity index (χ2n) is 2.12. The van der Waals surface area contributed by atoms with E-state index in [1.807, 2.05) is 70.9 Å². The smallest absolute Gasteiger partial charge is 0.335 e. The first-order valence-corrected chi connectivity index (χ1v) is 3.98. The van der Waals surface area contributed by atoms with Crippen LogP contribution in [0.4, 0.5) is 0 Å². The van der Waals surface area contributed by atoms with Gasteiger partial charge in [-0.3, -0.25) is 0 Å². The van der Waals surface area contributed by atoms with Gasteiger partial charge in [0.15, 0.2) is 0 Å². The quantitative estimate of drug-likeness (QED) is 0.636. The molecule has 0 nitrogen and oxygen atoms in total. The third-order valence-electron chi connectivity index (χ3n) is 0.556. The summed E-state index contributed by atoms with van der Waals surface area (Å²) in [6.45, 7) is 8.00. The van der Waals surface area contributed by atoms with Gasteiger partial charge in [0, 0.05) is 0 Å². The summed E-state index contributed by atoms with van der Waals surface area (Å²) in [5.41, 5.74) is 0. The van der Waals surface area contributed by atoms with Crippen LogP contribution in [0.5, 0.6) is 0 Å². The molecule has 0 fully saturated rings. The molecule has 0 N–H and O–H groups in total. The summed E-state index contributed by atoms with van der Waals surface area (Å²) in [6, 6.07) is 10.0. The number of rotatable bonds is 0. The molecule has 1 heteroatoms. The first kappa shape index (κ1) is 18.4. The normalized spacial score (nSPS) is 6.33. The molecule has 0 saturated carbocycles. The van der Waals surface area contributed by atoms with Crippen molar-refractivity contribution in [1.82, 2.24) is 0 Å². The van der Waals surface area contributed by atoms with E-state index in [0.29, 0.717) is 0 Å². The maximum atomic E-state index is 2.00. The largest absolute Gasteiger partial charge is 3.00 e. The summed E-state index contributed by atoms with van der Waals surface area (Å²) >= 11 is 0. The van der Waals surface area contributed by atoms with Gasteiger partial charge in [-0.2, -0.15) is 45.9 Å². The van der Waals surface area contributed by atoms with Crippen molar-refractivity contribution >= 4 is 0 Å². The van der Waals surface area contributed by atoms with Gasteiger partial charge in [-0.05, 0) is 0 Å². The van der Waals surface area contributed by atoms with Crippen molar-refractivity contribution in [3.05, 3.63) is 43.2 Å². The zero-order valence-electron chi connectivity index (χ0n) is 8.62. The molecule has 0 aliphatic heterocycles. The topological polar surface area (TPSA) is 0 Å². The van der Waals surface area contributed by atoms with Crippen molar-refractivity contribution in [2.75, 3.05) is 0 Å². The molecule has 0 bridgehead atoms. The zero-order chi connectivity index (χ0) is 8.95. The summed E-state index contributed by atoms with van der Waals surface area (Å²) in [5, 5.41) is 0. The molecule has 0 heterocycles. The average Bonchev–Trinajstić information content (AvgIpc) is 2.44. The molecular formula is C11H19La. The van der Waals surface area contributed by atoms with E-state index in [0.717, 1.165) is 0 Å². The molecule has 0 saturated heterocycles.